The molecule has 10 heteroatoms. The number of rotatable bonds is 8. The van der Waals surface area contributed by atoms with E-state index < -0.39 is 22.5 Å². The first-order valence-corrected chi connectivity index (χ1v) is 10.1. The van der Waals surface area contributed by atoms with Gasteiger partial charge in [0.25, 0.3) is 0 Å². The first kappa shape index (κ1) is 22.1. The Labute approximate surface area is 166 Å². The van der Waals surface area contributed by atoms with Crippen molar-refractivity contribution in [2.45, 2.75) is 31.8 Å². The van der Waals surface area contributed by atoms with E-state index in [0.29, 0.717) is 5.56 Å². The van der Waals surface area contributed by atoms with Crippen LogP contribution in [0.1, 0.15) is 17.5 Å². The number of hydrogen-bond acceptors (Lipinski definition) is 4. The maximum absolute atomic E-state index is 12.4. The molecule has 0 bridgehead atoms. The van der Waals surface area contributed by atoms with Crippen molar-refractivity contribution >= 4 is 33.2 Å². The fraction of sp³-hybridized carbons (Fsp3) is 0.278. The molecule has 0 atom stereocenters. The molecule has 0 fully saturated rings. The van der Waals surface area contributed by atoms with Gasteiger partial charge in [-0.25, -0.2) is 13.1 Å². The van der Waals surface area contributed by atoms with Gasteiger partial charge in [-0.3, -0.25) is 4.79 Å². The number of hydrogen-bond donors (Lipinski definition) is 2. The molecule has 0 unspecified atom stereocenters. The molecule has 2 aromatic rings. The molecule has 1 amide bonds. The highest BCUT2D eigenvalue weighted by molar-refractivity contribution is 7.89. The van der Waals surface area contributed by atoms with Crippen molar-refractivity contribution in [1.29, 1.82) is 0 Å². The Kier molecular flexibility index (Phi) is 7.34. The summed E-state index contributed by atoms with van der Waals surface area (Å²) in [6, 6.07) is 8.89. The van der Waals surface area contributed by atoms with E-state index in [0.717, 1.165) is 5.56 Å². The first-order valence-electron chi connectivity index (χ1n) is 8.19. The molecule has 152 valence electrons. The molecule has 28 heavy (non-hydrogen) atoms. The van der Waals surface area contributed by atoms with E-state index in [1.165, 1.54) is 18.2 Å². The summed E-state index contributed by atoms with van der Waals surface area (Å²) in [5.74, 6) is -0.682. The zero-order valence-electron chi connectivity index (χ0n) is 15.1. The third kappa shape index (κ3) is 6.15. The van der Waals surface area contributed by atoms with Gasteiger partial charge in [-0.05, 0) is 49.2 Å². The van der Waals surface area contributed by atoms with Gasteiger partial charge in [0.15, 0.2) is 0 Å². The van der Waals surface area contributed by atoms with Crippen molar-refractivity contribution < 1.29 is 26.7 Å². The van der Waals surface area contributed by atoms with Gasteiger partial charge in [0.2, 0.25) is 15.9 Å². The van der Waals surface area contributed by atoms with E-state index >= 15 is 0 Å². The lowest BCUT2D eigenvalue weighted by molar-refractivity contribution is -0.116. The summed E-state index contributed by atoms with van der Waals surface area (Å²) in [4.78, 5) is 12.2. The van der Waals surface area contributed by atoms with Crippen LogP contribution >= 0.6 is 11.6 Å². The highest BCUT2D eigenvalue weighted by Crippen LogP contribution is 2.29. The molecule has 0 aliphatic heterocycles. The summed E-state index contributed by atoms with van der Waals surface area (Å²) < 4.78 is 55.8. The summed E-state index contributed by atoms with van der Waals surface area (Å²) in [6.45, 7) is 0.352. The van der Waals surface area contributed by atoms with Crippen molar-refractivity contribution in [1.82, 2.24) is 4.72 Å². The topological polar surface area (TPSA) is 84.5 Å². The predicted molar refractivity (Wildman–Crippen MR) is 102 cm³/mol. The summed E-state index contributed by atoms with van der Waals surface area (Å²) in [5.41, 5.74) is 1.68. The highest BCUT2D eigenvalue weighted by atomic mass is 35.5. The molecule has 0 aliphatic carbocycles. The third-order valence-electron chi connectivity index (χ3n) is 3.71. The van der Waals surface area contributed by atoms with Crippen LogP contribution in [0, 0.1) is 13.8 Å². The van der Waals surface area contributed by atoms with E-state index in [2.05, 4.69) is 14.8 Å². The smallest absolute Gasteiger partial charge is 0.387 e. The zero-order chi connectivity index (χ0) is 20.9. The second kappa shape index (κ2) is 9.31. The number of anilines is 1. The normalized spacial score (nSPS) is 11.5. The molecule has 0 saturated heterocycles. The second-order valence-electron chi connectivity index (χ2n) is 5.99. The van der Waals surface area contributed by atoms with Crippen molar-refractivity contribution in [2.75, 3.05) is 11.9 Å². The molecule has 0 saturated carbocycles. The largest absolute Gasteiger partial charge is 0.433 e. The first-order chi connectivity index (χ1) is 13.1. The maximum Gasteiger partial charge on any atom is 0.387 e. The Morgan fingerprint density at radius 3 is 2.54 bits per heavy atom. The monoisotopic (exact) mass is 432 g/mol. The van der Waals surface area contributed by atoms with Crippen LogP contribution in [0.5, 0.6) is 5.75 Å². The molecular weight excluding hydrogens is 414 g/mol. The minimum absolute atomic E-state index is 0.0891. The minimum atomic E-state index is -3.74. The second-order valence-corrected chi connectivity index (χ2v) is 8.13. The van der Waals surface area contributed by atoms with Gasteiger partial charge < -0.3 is 10.1 Å². The van der Waals surface area contributed by atoms with Crippen LogP contribution in [0.2, 0.25) is 5.02 Å². The number of carbonyl (C=O) groups is 1. The van der Waals surface area contributed by atoms with E-state index in [9.17, 15) is 22.0 Å². The highest BCUT2D eigenvalue weighted by Gasteiger charge is 2.17. The number of amides is 1. The molecule has 0 heterocycles. The molecule has 0 spiro atoms. The fourth-order valence-electron chi connectivity index (χ4n) is 2.37. The van der Waals surface area contributed by atoms with Gasteiger partial charge in [-0.15, -0.1) is 0 Å². The zero-order valence-corrected chi connectivity index (χ0v) is 16.7. The van der Waals surface area contributed by atoms with Crippen LogP contribution < -0.4 is 14.8 Å². The van der Waals surface area contributed by atoms with Crippen LogP contribution in [0.3, 0.4) is 0 Å². The summed E-state index contributed by atoms with van der Waals surface area (Å²) in [7, 11) is -3.74. The van der Waals surface area contributed by atoms with Gasteiger partial charge in [0.1, 0.15) is 5.75 Å². The number of carbonyl (C=O) groups excluding carboxylic acids is 1. The summed E-state index contributed by atoms with van der Waals surface area (Å²) >= 11 is 5.82. The van der Waals surface area contributed by atoms with Crippen LogP contribution in [-0.2, 0) is 14.8 Å². The molecule has 0 radical (unpaired) electrons. The molecule has 0 aliphatic rings. The van der Waals surface area contributed by atoms with Crippen LogP contribution in [0.4, 0.5) is 14.5 Å². The SMILES string of the molecule is Cc1ccc(C)c(S(=O)(=O)NCCC(=O)Nc2ccc(OC(F)F)c(Cl)c2)c1. The summed E-state index contributed by atoms with van der Waals surface area (Å²) in [5, 5.41) is 2.42. The van der Waals surface area contributed by atoms with E-state index in [1.807, 2.05) is 6.07 Å². The van der Waals surface area contributed by atoms with Crippen molar-refractivity contribution in [3.63, 3.8) is 0 Å². The number of nitrogens with one attached hydrogen (secondary N) is 2. The number of ether oxygens (including phenoxy) is 1. The number of sulfonamides is 1. The van der Waals surface area contributed by atoms with Crippen molar-refractivity contribution in [3.8, 4) is 5.75 Å². The number of alkyl halides is 2. The van der Waals surface area contributed by atoms with E-state index in [-0.39, 0.29) is 34.3 Å². The Hall–Kier alpha value is -2.23. The Balaban J connectivity index is 1.92. The fourth-order valence-corrected chi connectivity index (χ4v) is 3.95. The molecule has 2 N–H and O–H groups in total. The van der Waals surface area contributed by atoms with E-state index in [1.54, 1.807) is 26.0 Å². The summed E-state index contributed by atoms with van der Waals surface area (Å²) in [6.07, 6.45) is -0.128. The van der Waals surface area contributed by atoms with Crippen LogP contribution in [0.25, 0.3) is 0 Å². The van der Waals surface area contributed by atoms with Crippen molar-refractivity contribution in [3.05, 3.63) is 52.5 Å². The quantitative estimate of drug-likeness (QED) is 0.663. The Bertz CT molecular complexity index is 968. The number of benzene rings is 2. The molecular formula is C18H19ClF2N2O4S. The predicted octanol–water partition coefficient (Wildman–Crippen LogP) is 3.87. The standard InChI is InChI=1S/C18H19ClF2N2O4S/c1-11-3-4-12(2)16(9-11)28(25,26)22-8-7-17(24)23-13-5-6-15(14(19)10-13)27-18(20)21/h3-6,9-10,18,22H,7-8H2,1-2H3,(H,23,24). The molecule has 6 nitrogen and oxygen atoms in total. The van der Waals surface area contributed by atoms with Gasteiger partial charge in [0.05, 0.1) is 9.92 Å². The average Bonchev–Trinajstić information content (AvgIpc) is 2.59. The lowest BCUT2D eigenvalue weighted by atomic mass is 10.2. The number of halogens is 3. The van der Waals surface area contributed by atoms with Gasteiger partial charge in [-0.1, -0.05) is 23.7 Å². The third-order valence-corrected chi connectivity index (χ3v) is 5.61. The van der Waals surface area contributed by atoms with Gasteiger partial charge >= 0.3 is 6.61 Å². The van der Waals surface area contributed by atoms with Gasteiger partial charge in [-0.2, -0.15) is 8.78 Å². The lowest BCUT2D eigenvalue weighted by Gasteiger charge is -2.11. The van der Waals surface area contributed by atoms with Crippen LogP contribution in [0.15, 0.2) is 41.3 Å². The Morgan fingerprint density at radius 1 is 1.18 bits per heavy atom. The lowest BCUT2D eigenvalue weighted by Crippen LogP contribution is -2.28. The van der Waals surface area contributed by atoms with Crippen LogP contribution in [-0.4, -0.2) is 27.5 Å². The molecule has 0 aromatic heterocycles. The average molecular weight is 433 g/mol. The maximum atomic E-state index is 12.4. The van der Waals surface area contributed by atoms with E-state index in [4.69, 9.17) is 11.6 Å². The van der Waals surface area contributed by atoms with Crippen molar-refractivity contribution in [2.24, 2.45) is 0 Å². The Morgan fingerprint density at radius 2 is 1.89 bits per heavy atom. The molecule has 2 aromatic carbocycles. The minimum Gasteiger partial charge on any atom is -0.433 e. The number of aryl methyl sites for hydroxylation is 2. The molecule has 2 rings (SSSR count). The van der Waals surface area contributed by atoms with Gasteiger partial charge in [0, 0.05) is 18.7 Å².